The molecule has 0 radical (unpaired) electrons. The van der Waals surface area contributed by atoms with Crippen molar-refractivity contribution in [3.63, 3.8) is 0 Å². The molecule has 3 aromatic rings. The number of aromatic nitrogens is 3. The smallest absolute Gasteiger partial charge is 0.408 e. The van der Waals surface area contributed by atoms with E-state index in [-0.39, 0.29) is 11.8 Å². The van der Waals surface area contributed by atoms with Gasteiger partial charge in [-0.3, -0.25) is 9.36 Å². The van der Waals surface area contributed by atoms with Gasteiger partial charge in [-0.15, -0.1) is 0 Å². The van der Waals surface area contributed by atoms with E-state index in [1.54, 1.807) is 25.2 Å². The fourth-order valence-corrected chi connectivity index (χ4v) is 3.83. The number of fused-ring (bicyclic) bond motifs is 1. The Hall–Kier alpha value is -2.83. The summed E-state index contributed by atoms with van der Waals surface area (Å²) in [5.41, 5.74) is 2.70. The maximum atomic E-state index is 13.0. The number of piperidine rings is 1. The number of likely N-dealkylation sites (tertiary alicyclic amines) is 1. The van der Waals surface area contributed by atoms with E-state index in [0.717, 1.165) is 30.9 Å². The van der Waals surface area contributed by atoms with Crippen LogP contribution in [0.5, 0.6) is 0 Å². The van der Waals surface area contributed by atoms with Gasteiger partial charge in [0.1, 0.15) is 5.82 Å². The highest BCUT2D eigenvalue weighted by atomic mass is 16.4. The number of carbonyl (C=O) groups is 1. The van der Waals surface area contributed by atoms with Crippen LogP contribution in [-0.4, -0.2) is 38.0 Å². The van der Waals surface area contributed by atoms with Gasteiger partial charge in [-0.2, -0.15) is 0 Å². The lowest BCUT2D eigenvalue weighted by Crippen LogP contribution is -2.39. The molecule has 1 aromatic carbocycles. The molecule has 1 amide bonds. The van der Waals surface area contributed by atoms with Crippen LogP contribution in [0.2, 0.25) is 0 Å². The van der Waals surface area contributed by atoms with Crippen LogP contribution in [-0.2, 0) is 14.1 Å². The standard InChI is InChI=1S/C19H22N4O3/c1-12-10-21(2)17(20-12)14-5-4-8-23(11-14)18(24)13-6-7-16-15(9-13)22(3)19(25)26-16/h6-7,9-10,14H,4-5,8,11H2,1-3H3/t14-/m0/s1. The van der Waals surface area contributed by atoms with Crippen LogP contribution in [0.4, 0.5) is 0 Å². The van der Waals surface area contributed by atoms with E-state index in [2.05, 4.69) is 9.55 Å². The van der Waals surface area contributed by atoms with Gasteiger partial charge in [-0.1, -0.05) is 0 Å². The molecule has 0 saturated carbocycles. The Balaban J connectivity index is 1.60. The number of rotatable bonds is 2. The number of benzene rings is 1. The largest absolute Gasteiger partial charge is 0.419 e. The third-order valence-corrected chi connectivity index (χ3v) is 5.14. The lowest BCUT2D eigenvalue weighted by molar-refractivity contribution is 0.0703. The van der Waals surface area contributed by atoms with Crippen molar-refractivity contribution in [3.8, 4) is 0 Å². The summed E-state index contributed by atoms with van der Waals surface area (Å²) in [5.74, 6) is 0.838. The Labute approximate surface area is 150 Å². The minimum Gasteiger partial charge on any atom is -0.408 e. The predicted molar refractivity (Wildman–Crippen MR) is 97.3 cm³/mol. The van der Waals surface area contributed by atoms with Gasteiger partial charge in [0.05, 0.1) is 11.2 Å². The lowest BCUT2D eigenvalue weighted by Gasteiger charge is -2.32. The van der Waals surface area contributed by atoms with E-state index >= 15 is 0 Å². The molecule has 0 aliphatic carbocycles. The first-order valence-electron chi connectivity index (χ1n) is 8.83. The molecule has 1 atom stereocenters. The third kappa shape index (κ3) is 2.73. The maximum absolute atomic E-state index is 13.0. The van der Waals surface area contributed by atoms with Gasteiger partial charge in [0, 0.05) is 44.9 Å². The highest BCUT2D eigenvalue weighted by Crippen LogP contribution is 2.27. The Morgan fingerprint density at radius 3 is 2.85 bits per heavy atom. The molecule has 1 saturated heterocycles. The highest BCUT2D eigenvalue weighted by Gasteiger charge is 2.28. The number of oxazole rings is 1. The number of imidazole rings is 1. The Bertz CT molecular complexity index is 1040. The molecule has 26 heavy (non-hydrogen) atoms. The molecule has 0 unspecified atom stereocenters. The molecule has 1 aliphatic heterocycles. The first-order valence-corrected chi connectivity index (χ1v) is 8.83. The Morgan fingerprint density at radius 1 is 1.31 bits per heavy atom. The number of amides is 1. The highest BCUT2D eigenvalue weighted by molar-refractivity contribution is 5.97. The molecule has 0 bridgehead atoms. The van der Waals surface area contributed by atoms with Gasteiger partial charge in [0.2, 0.25) is 0 Å². The van der Waals surface area contributed by atoms with E-state index in [4.69, 9.17) is 4.42 Å². The van der Waals surface area contributed by atoms with Crippen LogP contribution in [0.25, 0.3) is 11.1 Å². The van der Waals surface area contributed by atoms with Gasteiger partial charge in [0.15, 0.2) is 5.58 Å². The fraction of sp³-hybridized carbons (Fsp3) is 0.421. The van der Waals surface area contributed by atoms with Crippen molar-refractivity contribution >= 4 is 17.0 Å². The van der Waals surface area contributed by atoms with Crippen molar-refractivity contribution in [1.29, 1.82) is 0 Å². The molecule has 1 fully saturated rings. The van der Waals surface area contributed by atoms with Crippen molar-refractivity contribution < 1.29 is 9.21 Å². The molecule has 7 heteroatoms. The second-order valence-electron chi connectivity index (χ2n) is 7.05. The number of nitrogens with zero attached hydrogens (tertiary/aromatic N) is 4. The van der Waals surface area contributed by atoms with Crippen LogP contribution in [0.3, 0.4) is 0 Å². The summed E-state index contributed by atoms with van der Waals surface area (Å²) in [4.78, 5) is 31.2. The zero-order valence-corrected chi connectivity index (χ0v) is 15.2. The SMILES string of the molecule is Cc1cn(C)c([C@H]2CCCN(C(=O)c3ccc4oc(=O)n(C)c4c3)C2)n1. The van der Waals surface area contributed by atoms with Crippen molar-refractivity contribution in [2.24, 2.45) is 14.1 Å². The second-order valence-corrected chi connectivity index (χ2v) is 7.05. The summed E-state index contributed by atoms with van der Waals surface area (Å²) in [6.07, 6.45) is 4.00. The second kappa shape index (κ2) is 6.16. The molecule has 0 spiro atoms. The topological polar surface area (TPSA) is 73.3 Å². The predicted octanol–water partition coefficient (Wildman–Crippen LogP) is 2.19. The summed E-state index contributed by atoms with van der Waals surface area (Å²) in [6, 6.07) is 5.15. The van der Waals surface area contributed by atoms with Crippen LogP contribution >= 0.6 is 0 Å². The van der Waals surface area contributed by atoms with Crippen molar-refractivity contribution in [3.05, 3.63) is 52.0 Å². The summed E-state index contributed by atoms with van der Waals surface area (Å²) in [5, 5.41) is 0. The van der Waals surface area contributed by atoms with E-state index < -0.39 is 5.76 Å². The quantitative estimate of drug-likeness (QED) is 0.707. The van der Waals surface area contributed by atoms with Crippen molar-refractivity contribution in [1.82, 2.24) is 19.0 Å². The summed E-state index contributed by atoms with van der Waals surface area (Å²) in [6.45, 7) is 3.38. The van der Waals surface area contributed by atoms with E-state index in [9.17, 15) is 9.59 Å². The molecule has 3 heterocycles. The molecular weight excluding hydrogens is 332 g/mol. The first kappa shape index (κ1) is 16.6. The molecule has 7 nitrogen and oxygen atoms in total. The molecule has 1 aliphatic rings. The lowest BCUT2D eigenvalue weighted by atomic mass is 9.96. The van der Waals surface area contributed by atoms with Gasteiger partial charge in [0.25, 0.3) is 5.91 Å². The van der Waals surface area contributed by atoms with Crippen LogP contribution in [0.1, 0.15) is 40.6 Å². The zero-order valence-electron chi connectivity index (χ0n) is 15.2. The molecule has 2 aromatic heterocycles. The Morgan fingerprint density at radius 2 is 2.12 bits per heavy atom. The van der Waals surface area contributed by atoms with E-state index in [1.807, 2.05) is 25.1 Å². The van der Waals surface area contributed by atoms with Gasteiger partial charge < -0.3 is 13.9 Å². The zero-order chi connectivity index (χ0) is 18.4. The van der Waals surface area contributed by atoms with Crippen molar-refractivity contribution in [2.75, 3.05) is 13.1 Å². The summed E-state index contributed by atoms with van der Waals surface area (Å²) < 4.78 is 8.62. The minimum absolute atomic E-state index is 0.0174. The maximum Gasteiger partial charge on any atom is 0.419 e. The number of hydrogen-bond donors (Lipinski definition) is 0. The molecular formula is C19H22N4O3. The average molecular weight is 354 g/mol. The molecule has 0 N–H and O–H groups in total. The molecule has 136 valence electrons. The fourth-order valence-electron chi connectivity index (χ4n) is 3.83. The van der Waals surface area contributed by atoms with Gasteiger partial charge in [-0.05, 0) is 38.0 Å². The Kier molecular flexibility index (Phi) is 3.94. The summed E-state index contributed by atoms with van der Waals surface area (Å²) in [7, 11) is 3.65. The third-order valence-electron chi connectivity index (χ3n) is 5.14. The van der Waals surface area contributed by atoms with Crippen LogP contribution in [0, 0.1) is 6.92 Å². The van der Waals surface area contributed by atoms with Crippen LogP contribution < -0.4 is 5.76 Å². The summed E-state index contributed by atoms with van der Waals surface area (Å²) >= 11 is 0. The number of aryl methyl sites for hydroxylation is 3. The number of hydrogen-bond acceptors (Lipinski definition) is 4. The van der Waals surface area contributed by atoms with Crippen molar-refractivity contribution in [2.45, 2.75) is 25.7 Å². The first-order chi connectivity index (χ1) is 12.4. The van der Waals surface area contributed by atoms with Gasteiger partial charge in [-0.25, -0.2) is 9.78 Å². The normalized spacial score (nSPS) is 17.8. The monoisotopic (exact) mass is 354 g/mol. The minimum atomic E-state index is -0.423. The van der Waals surface area contributed by atoms with Gasteiger partial charge >= 0.3 is 5.76 Å². The molecule has 4 rings (SSSR count). The van der Waals surface area contributed by atoms with E-state index in [1.165, 1.54) is 4.57 Å². The van der Waals surface area contributed by atoms with Crippen LogP contribution in [0.15, 0.2) is 33.6 Å². The van der Waals surface area contributed by atoms with E-state index in [0.29, 0.717) is 23.2 Å². The average Bonchev–Trinajstić information content (AvgIpc) is 3.12. The number of carbonyl (C=O) groups excluding carboxylic acids is 1.